The fourth-order valence-electron chi connectivity index (χ4n) is 7.70. The first-order valence-electron chi connectivity index (χ1n) is 24.9. The molecule has 1 amide bonds. The van der Waals surface area contributed by atoms with E-state index in [2.05, 4.69) is 31.3 Å². The number of nitrogens with one attached hydrogen (secondary N) is 1. The maximum Gasteiger partial charge on any atom is 0.305 e. The van der Waals surface area contributed by atoms with Crippen LogP contribution in [0.1, 0.15) is 271 Å². The van der Waals surface area contributed by atoms with E-state index in [0.717, 1.165) is 70.6 Å². The van der Waals surface area contributed by atoms with E-state index < -0.39 is 12.1 Å². The molecule has 0 saturated heterocycles. The first kappa shape index (κ1) is 54.6. The summed E-state index contributed by atoms with van der Waals surface area (Å²) < 4.78 is 5.44. The molecule has 0 aromatic carbocycles. The van der Waals surface area contributed by atoms with Crippen LogP contribution in [0.3, 0.4) is 0 Å². The zero-order valence-corrected chi connectivity index (χ0v) is 37.6. The van der Waals surface area contributed by atoms with Crippen LogP contribution >= 0.6 is 0 Å². The van der Waals surface area contributed by atoms with E-state index >= 15 is 0 Å². The van der Waals surface area contributed by atoms with Crippen LogP contribution in [-0.4, -0.2) is 47.4 Å². The molecule has 332 valence electrons. The molecule has 0 spiro atoms. The van der Waals surface area contributed by atoms with Crippen LogP contribution in [0.4, 0.5) is 0 Å². The molecule has 0 aliphatic rings. The van der Waals surface area contributed by atoms with Crippen molar-refractivity contribution in [1.29, 1.82) is 0 Å². The molecular formula is C50H97NO5. The second-order valence-corrected chi connectivity index (χ2v) is 17.1. The summed E-state index contributed by atoms with van der Waals surface area (Å²) in [6.07, 6.45) is 51.8. The lowest BCUT2D eigenvalue weighted by Crippen LogP contribution is -2.45. The van der Waals surface area contributed by atoms with Crippen molar-refractivity contribution in [2.45, 2.75) is 283 Å². The fraction of sp³-hybridized carbons (Fsp3) is 0.920. The monoisotopic (exact) mass is 792 g/mol. The molecule has 0 aromatic heterocycles. The minimum absolute atomic E-state index is 0.0326. The van der Waals surface area contributed by atoms with Crippen molar-refractivity contribution in [3.8, 4) is 0 Å². The second kappa shape index (κ2) is 46.3. The topological polar surface area (TPSA) is 95.9 Å². The first-order chi connectivity index (χ1) is 27.5. The SMILES string of the molecule is CCCCCCCCCCCCCCCCCC(=O)OCCCCCC/C=C\CCCC(=O)NC(CO)C(O)CCCCCCCCCCCCCCCCC. The Morgan fingerprint density at radius 2 is 0.857 bits per heavy atom. The lowest BCUT2D eigenvalue weighted by atomic mass is 10.0. The van der Waals surface area contributed by atoms with Gasteiger partial charge in [0.2, 0.25) is 5.91 Å². The van der Waals surface area contributed by atoms with Gasteiger partial charge in [0.05, 0.1) is 25.4 Å². The molecule has 0 fully saturated rings. The molecule has 2 atom stereocenters. The summed E-state index contributed by atoms with van der Waals surface area (Å²) in [7, 11) is 0. The third-order valence-corrected chi connectivity index (χ3v) is 11.6. The number of hydrogen-bond donors (Lipinski definition) is 3. The quantitative estimate of drug-likeness (QED) is 0.0324. The van der Waals surface area contributed by atoms with Crippen molar-refractivity contribution in [2.24, 2.45) is 0 Å². The third kappa shape index (κ3) is 42.2. The lowest BCUT2D eigenvalue weighted by Gasteiger charge is -2.22. The van der Waals surface area contributed by atoms with E-state index in [0.29, 0.717) is 25.9 Å². The number of rotatable bonds is 46. The zero-order valence-electron chi connectivity index (χ0n) is 37.6. The maximum absolute atomic E-state index is 12.4. The van der Waals surface area contributed by atoms with Gasteiger partial charge in [0, 0.05) is 12.8 Å². The van der Waals surface area contributed by atoms with Crippen molar-refractivity contribution in [3.63, 3.8) is 0 Å². The maximum atomic E-state index is 12.4. The van der Waals surface area contributed by atoms with Crippen LogP contribution in [0, 0.1) is 0 Å². The van der Waals surface area contributed by atoms with Gasteiger partial charge in [-0.2, -0.15) is 0 Å². The van der Waals surface area contributed by atoms with Gasteiger partial charge in [0.1, 0.15) is 0 Å². The van der Waals surface area contributed by atoms with Crippen molar-refractivity contribution < 1.29 is 24.5 Å². The number of aliphatic hydroxyl groups excluding tert-OH is 2. The van der Waals surface area contributed by atoms with Gasteiger partial charge in [0.25, 0.3) is 0 Å². The Bertz CT molecular complexity index is 832. The minimum atomic E-state index is -0.693. The predicted octanol–water partition coefficient (Wildman–Crippen LogP) is 14.6. The van der Waals surface area contributed by atoms with Gasteiger partial charge in [-0.05, 0) is 44.9 Å². The highest BCUT2D eigenvalue weighted by molar-refractivity contribution is 5.76. The van der Waals surface area contributed by atoms with Crippen LogP contribution in [-0.2, 0) is 14.3 Å². The van der Waals surface area contributed by atoms with E-state index in [1.807, 2.05) is 0 Å². The van der Waals surface area contributed by atoms with E-state index in [-0.39, 0.29) is 18.5 Å². The Labute approximate surface area is 349 Å². The summed E-state index contributed by atoms with van der Waals surface area (Å²) in [6, 6.07) is -0.577. The van der Waals surface area contributed by atoms with Crippen LogP contribution < -0.4 is 5.32 Å². The number of amides is 1. The molecule has 6 nitrogen and oxygen atoms in total. The number of esters is 1. The van der Waals surface area contributed by atoms with E-state index in [4.69, 9.17) is 4.74 Å². The van der Waals surface area contributed by atoms with E-state index in [9.17, 15) is 19.8 Å². The Balaban J connectivity index is 3.53. The van der Waals surface area contributed by atoms with Gasteiger partial charge in [-0.25, -0.2) is 0 Å². The van der Waals surface area contributed by atoms with E-state index in [1.165, 1.54) is 167 Å². The van der Waals surface area contributed by atoms with Crippen LogP contribution in [0.2, 0.25) is 0 Å². The number of carbonyl (C=O) groups excluding carboxylic acids is 2. The fourth-order valence-corrected chi connectivity index (χ4v) is 7.70. The summed E-state index contributed by atoms with van der Waals surface area (Å²) >= 11 is 0. The molecule has 3 N–H and O–H groups in total. The van der Waals surface area contributed by atoms with Crippen LogP contribution in [0.5, 0.6) is 0 Å². The van der Waals surface area contributed by atoms with Crippen molar-refractivity contribution in [1.82, 2.24) is 5.32 Å². The second-order valence-electron chi connectivity index (χ2n) is 17.1. The summed E-state index contributed by atoms with van der Waals surface area (Å²) in [4.78, 5) is 24.4. The molecule has 0 heterocycles. The Morgan fingerprint density at radius 1 is 0.482 bits per heavy atom. The largest absolute Gasteiger partial charge is 0.466 e. The normalized spacial score (nSPS) is 12.7. The van der Waals surface area contributed by atoms with Gasteiger partial charge in [-0.1, -0.05) is 225 Å². The highest BCUT2D eigenvalue weighted by Gasteiger charge is 2.20. The van der Waals surface area contributed by atoms with Crippen molar-refractivity contribution in [3.05, 3.63) is 12.2 Å². The third-order valence-electron chi connectivity index (χ3n) is 11.6. The highest BCUT2D eigenvalue weighted by atomic mass is 16.5. The number of allylic oxidation sites excluding steroid dienone is 2. The average molecular weight is 792 g/mol. The van der Waals surface area contributed by atoms with Crippen LogP contribution in [0.25, 0.3) is 0 Å². The Hall–Kier alpha value is -1.40. The summed E-state index contributed by atoms with van der Waals surface area (Å²) in [5.41, 5.74) is 0. The standard InChI is InChI=1S/C50H97NO5/c1-3-5-7-9-11-13-15-17-19-21-23-26-30-34-38-42-48(53)47(46-52)51-49(54)43-39-35-31-27-25-29-33-37-41-45-56-50(55)44-40-36-32-28-24-22-20-18-16-14-12-10-8-6-4-2/h27,31,47-48,52-53H,3-26,28-30,32-46H2,1-2H3,(H,51,54)/b31-27-. The number of hydrogen-bond acceptors (Lipinski definition) is 5. The average Bonchev–Trinajstić information content (AvgIpc) is 3.20. The van der Waals surface area contributed by atoms with Gasteiger partial charge in [0.15, 0.2) is 0 Å². The molecule has 0 aromatic rings. The lowest BCUT2D eigenvalue weighted by molar-refractivity contribution is -0.143. The number of aliphatic hydroxyl groups is 2. The van der Waals surface area contributed by atoms with E-state index in [1.54, 1.807) is 0 Å². The van der Waals surface area contributed by atoms with Gasteiger partial charge in [-0.15, -0.1) is 0 Å². The molecular weight excluding hydrogens is 695 g/mol. The molecule has 56 heavy (non-hydrogen) atoms. The van der Waals surface area contributed by atoms with Gasteiger partial charge in [-0.3, -0.25) is 9.59 Å². The molecule has 0 aliphatic carbocycles. The number of unbranched alkanes of at least 4 members (excludes halogenated alkanes) is 33. The summed E-state index contributed by atoms with van der Waals surface area (Å²) in [6.45, 7) is 4.87. The van der Waals surface area contributed by atoms with Gasteiger partial charge < -0.3 is 20.3 Å². The minimum Gasteiger partial charge on any atom is -0.466 e. The molecule has 6 heteroatoms. The first-order valence-corrected chi connectivity index (χ1v) is 24.9. The summed E-state index contributed by atoms with van der Waals surface area (Å²) in [5.74, 6) is -0.127. The smallest absolute Gasteiger partial charge is 0.305 e. The molecule has 2 unspecified atom stereocenters. The Morgan fingerprint density at radius 3 is 1.30 bits per heavy atom. The van der Waals surface area contributed by atoms with Crippen LogP contribution in [0.15, 0.2) is 12.2 Å². The Kier molecular flexibility index (Phi) is 45.1. The van der Waals surface area contributed by atoms with Gasteiger partial charge >= 0.3 is 5.97 Å². The predicted molar refractivity (Wildman–Crippen MR) is 241 cm³/mol. The molecule has 0 saturated carbocycles. The van der Waals surface area contributed by atoms with Crippen molar-refractivity contribution in [2.75, 3.05) is 13.2 Å². The summed E-state index contributed by atoms with van der Waals surface area (Å²) in [5, 5.41) is 23.1. The highest BCUT2D eigenvalue weighted by Crippen LogP contribution is 2.16. The molecule has 0 aliphatic heterocycles. The molecule has 0 rings (SSSR count). The molecule has 0 bridgehead atoms. The molecule has 0 radical (unpaired) electrons. The van der Waals surface area contributed by atoms with Crippen molar-refractivity contribution >= 4 is 11.9 Å². The zero-order chi connectivity index (χ0) is 40.8. The number of ether oxygens (including phenoxy) is 1. The number of carbonyl (C=O) groups is 2.